The predicted molar refractivity (Wildman–Crippen MR) is 217 cm³/mol. The fourth-order valence-electron chi connectivity index (χ4n) is 5.59. The fraction of sp³-hybridized carbons (Fsp3) is 0.524. The molecule has 5 nitrogen and oxygen atoms in total. The third-order valence-electron chi connectivity index (χ3n) is 8.66. The van der Waals surface area contributed by atoms with E-state index >= 15 is 0 Å². The molecule has 0 saturated carbocycles. The number of nitrogens with zero attached hydrogens (tertiary/aromatic N) is 5. The molecule has 0 aromatic carbocycles. The highest BCUT2D eigenvalue weighted by Crippen LogP contribution is 2.17. The minimum atomic E-state index is 0. The molecule has 0 N–H and O–H groups in total. The summed E-state index contributed by atoms with van der Waals surface area (Å²) in [6.45, 7) is 6.01. The SMILES string of the molecule is BrCCCCBr.CCCCCCCCCCCC[N+](C)(C)CCCC[n+]1ccc(-c2ccncc2)cc1.[Br-].[Br-].c1cc(-c2ccncc2)ccn1. The summed E-state index contributed by atoms with van der Waals surface area (Å²) in [5, 5.41) is 2.28. The Morgan fingerprint density at radius 3 is 1.18 bits per heavy atom. The molecule has 4 rings (SSSR count). The molecule has 0 bridgehead atoms. The van der Waals surface area contributed by atoms with E-state index in [1.807, 2.05) is 36.7 Å². The van der Waals surface area contributed by atoms with Gasteiger partial charge in [-0.1, -0.05) is 90.2 Å². The third kappa shape index (κ3) is 25.2. The Bertz CT molecular complexity index is 1260. The van der Waals surface area contributed by atoms with Crippen LogP contribution < -0.4 is 38.5 Å². The molecule has 4 aromatic heterocycles. The van der Waals surface area contributed by atoms with Gasteiger partial charge in [-0.15, -0.1) is 0 Å². The lowest BCUT2D eigenvalue weighted by Gasteiger charge is -2.29. The highest BCUT2D eigenvalue weighted by molar-refractivity contribution is 9.09. The van der Waals surface area contributed by atoms with Gasteiger partial charge < -0.3 is 38.4 Å². The largest absolute Gasteiger partial charge is 1.00 e. The summed E-state index contributed by atoms with van der Waals surface area (Å²) in [4.78, 5) is 12.0. The maximum atomic E-state index is 4.10. The Morgan fingerprint density at radius 2 is 0.804 bits per heavy atom. The predicted octanol–water partition coefficient (Wildman–Crippen LogP) is 5.52. The first-order valence-electron chi connectivity index (χ1n) is 18.6. The van der Waals surface area contributed by atoms with Gasteiger partial charge in [-0.25, -0.2) is 4.57 Å². The second-order valence-electron chi connectivity index (χ2n) is 13.4. The second kappa shape index (κ2) is 33.1. The first kappa shape index (κ1) is 49.5. The summed E-state index contributed by atoms with van der Waals surface area (Å²) in [5.74, 6) is 0. The minimum Gasteiger partial charge on any atom is -1.00 e. The van der Waals surface area contributed by atoms with Crippen LogP contribution in [0.4, 0.5) is 0 Å². The van der Waals surface area contributed by atoms with Gasteiger partial charge in [0.15, 0.2) is 12.4 Å². The van der Waals surface area contributed by atoms with E-state index in [0.717, 1.165) is 17.2 Å². The van der Waals surface area contributed by atoms with Gasteiger partial charge in [0.1, 0.15) is 6.54 Å². The van der Waals surface area contributed by atoms with Gasteiger partial charge >= 0.3 is 0 Å². The monoisotopic (exact) mass is 953 g/mol. The Balaban J connectivity index is 0.00000102. The summed E-state index contributed by atoms with van der Waals surface area (Å²) in [7, 11) is 4.81. The topological polar surface area (TPSA) is 42.5 Å². The molecule has 0 unspecified atom stereocenters. The van der Waals surface area contributed by atoms with Gasteiger partial charge in [0, 0.05) is 72.8 Å². The summed E-state index contributed by atoms with van der Waals surface area (Å²) in [5.41, 5.74) is 4.83. The molecule has 0 saturated heterocycles. The third-order valence-corrected chi connectivity index (χ3v) is 9.78. The number of quaternary nitrogens is 1. The van der Waals surface area contributed by atoms with E-state index in [2.05, 4.69) is 109 Å². The van der Waals surface area contributed by atoms with Crippen LogP contribution in [0.25, 0.3) is 22.3 Å². The molecule has 9 heteroatoms. The van der Waals surface area contributed by atoms with Gasteiger partial charge in [-0.2, -0.15) is 0 Å². The molecular weight excluding hydrogens is 894 g/mol. The van der Waals surface area contributed by atoms with E-state index in [-0.39, 0.29) is 34.0 Å². The van der Waals surface area contributed by atoms with Crippen LogP contribution >= 0.6 is 31.9 Å². The van der Waals surface area contributed by atoms with Crippen molar-refractivity contribution in [3.63, 3.8) is 0 Å². The van der Waals surface area contributed by atoms with Crippen molar-refractivity contribution in [3.8, 4) is 22.3 Å². The molecule has 0 aliphatic carbocycles. The van der Waals surface area contributed by atoms with Gasteiger partial charge in [0.2, 0.25) is 0 Å². The van der Waals surface area contributed by atoms with E-state index < -0.39 is 0 Å². The molecule has 0 aliphatic rings. The van der Waals surface area contributed by atoms with Crippen molar-refractivity contribution >= 4 is 31.9 Å². The number of rotatable bonds is 21. The summed E-state index contributed by atoms with van der Waals surface area (Å²) < 4.78 is 3.48. The molecule has 0 radical (unpaired) electrons. The molecule has 0 spiro atoms. The number of unbranched alkanes of at least 4 members (excludes halogenated alkanes) is 11. The lowest BCUT2D eigenvalue weighted by molar-refractivity contribution is -0.891. The Morgan fingerprint density at radius 1 is 0.471 bits per heavy atom. The standard InChI is InChI=1S/C28H47N3.C10H8N2.C4H8Br2.2BrH/c1-4-5-6-7-8-9-10-11-12-14-25-31(2,3)26-15-13-22-30-23-18-28(19-24-30)27-16-20-29-21-17-27;1-5-11-6-2-9(1)10-3-7-12-8-4-10;5-3-1-2-4-6;;/h16-21,23-24H,4-15,22,25-26H2,1-3H3;1-8H;1-4H2;2*1H/q+2;;;;/p-2. The molecule has 0 atom stereocenters. The average Bonchev–Trinajstić information content (AvgIpc) is 3.15. The van der Waals surface area contributed by atoms with Crippen molar-refractivity contribution in [2.24, 2.45) is 0 Å². The van der Waals surface area contributed by atoms with Crippen molar-refractivity contribution in [2.75, 3.05) is 37.8 Å². The Kier molecular flexibility index (Phi) is 32.1. The summed E-state index contributed by atoms with van der Waals surface area (Å²) in [6, 6.07) is 16.5. The first-order valence-corrected chi connectivity index (χ1v) is 20.9. The Hall–Kier alpha value is -1.52. The molecule has 0 amide bonds. The van der Waals surface area contributed by atoms with E-state index in [9.17, 15) is 0 Å². The van der Waals surface area contributed by atoms with E-state index in [0.29, 0.717) is 0 Å². The average molecular weight is 958 g/mol. The molecule has 0 aliphatic heterocycles. The van der Waals surface area contributed by atoms with Crippen LogP contribution in [0.2, 0.25) is 0 Å². The van der Waals surface area contributed by atoms with Crippen molar-refractivity contribution in [2.45, 2.75) is 103 Å². The smallest absolute Gasteiger partial charge is 0.169 e. The second-order valence-corrected chi connectivity index (χ2v) is 15.0. The Labute approximate surface area is 348 Å². The van der Waals surface area contributed by atoms with Crippen molar-refractivity contribution in [1.29, 1.82) is 0 Å². The van der Waals surface area contributed by atoms with Gasteiger partial charge in [0.05, 0.1) is 27.2 Å². The lowest BCUT2D eigenvalue weighted by atomic mass is 10.1. The fourth-order valence-corrected chi connectivity index (χ4v) is 6.39. The van der Waals surface area contributed by atoms with Crippen LogP contribution in [0.1, 0.15) is 96.8 Å². The number of aromatic nitrogens is 4. The zero-order valence-electron chi connectivity index (χ0n) is 31.4. The van der Waals surface area contributed by atoms with Crippen molar-refractivity contribution < 1.29 is 43.0 Å². The molecule has 4 aromatic rings. The van der Waals surface area contributed by atoms with E-state index in [1.54, 1.807) is 24.8 Å². The van der Waals surface area contributed by atoms with Crippen LogP contribution in [0.5, 0.6) is 0 Å². The molecule has 0 fully saturated rings. The van der Waals surface area contributed by atoms with Gasteiger partial charge in [-0.3, -0.25) is 15.0 Å². The molecular formula is C42H63Br4N5. The number of aryl methyl sites for hydroxylation is 1. The zero-order chi connectivity index (χ0) is 35.3. The van der Waals surface area contributed by atoms with E-state index in [1.165, 1.54) is 130 Å². The van der Waals surface area contributed by atoms with Crippen LogP contribution in [0, 0.1) is 0 Å². The van der Waals surface area contributed by atoms with Crippen LogP contribution in [-0.2, 0) is 6.54 Å². The van der Waals surface area contributed by atoms with Crippen LogP contribution in [0.15, 0.2) is 98.1 Å². The first-order chi connectivity index (χ1) is 24.0. The minimum absolute atomic E-state index is 0. The van der Waals surface area contributed by atoms with Gasteiger partial charge in [-0.05, 0) is 84.3 Å². The molecule has 284 valence electrons. The normalized spacial score (nSPS) is 10.5. The lowest BCUT2D eigenvalue weighted by Crippen LogP contribution is -3.00. The summed E-state index contributed by atoms with van der Waals surface area (Å²) in [6.07, 6.45) is 34.6. The maximum Gasteiger partial charge on any atom is 0.169 e. The van der Waals surface area contributed by atoms with E-state index in [4.69, 9.17) is 0 Å². The number of halogens is 4. The van der Waals surface area contributed by atoms with Gasteiger partial charge in [0.25, 0.3) is 0 Å². The number of alkyl halides is 2. The number of hydrogen-bond acceptors (Lipinski definition) is 3. The quantitative estimate of drug-likeness (QED) is 0.0479. The summed E-state index contributed by atoms with van der Waals surface area (Å²) >= 11 is 6.66. The number of hydrogen-bond donors (Lipinski definition) is 0. The zero-order valence-corrected chi connectivity index (χ0v) is 37.8. The van der Waals surface area contributed by atoms with Crippen LogP contribution in [-0.4, -0.2) is 57.3 Å². The highest BCUT2D eigenvalue weighted by atomic mass is 79.9. The maximum absolute atomic E-state index is 4.10. The highest BCUT2D eigenvalue weighted by Gasteiger charge is 2.14. The number of pyridine rings is 4. The molecule has 4 heterocycles. The van der Waals surface area contributed by atoms with Crippen LogP contribution in [0.3, 0.4) is 0 Å². The van der Waals surface area contributed by atoms with Crippen molar-refractivity contribution in [3.05, 3.63) is 98.1 Å². The van der Waals surface area contributed by atoms with Crippen molar-refractivity contribution in [1.82, 2.24) is 15.0 Å². The molecule has 51 heavy (non-hydrogen) atoms.